The maximum atomic E-state index is 12.7. The highest BCUT2D eigenvalue weighted by Gasteiger charge is 2.24. The van der Waals surface area contributed by atoms with Crippen LogP contribution in [-0.2, 0) is 24.1 Å². The van der Waals surface area contributed by atoms with Gasteiger partial charge in [0, 0.05) is 29.8 Å². The van der Waals surface area contributed by atoms with Gasteiger partial charge in [0.05, 0.1) is 12.7 Å². The molecule has 32 heavy (non-hydrogen) atoms. The van der Waals surface area contributed by atoms with E-state index in [-0.39, 0.29) is 23.9 Å². The van der Waals surface area contributed by atoms with Crippen molar-refractivity contribution in [3.05, 3.63) is 82.2 Å². The number of hydrogen-bond acceptors (Lipinski definition) is 6. The number of benzene rings is 2. The van der Waals surface area contributed by atoms with Gasteiger partial charge < -0.3 is 19.9 Å². The molecule has 0 bridgehead atoms. The van der Waals surface area contributed by atoms with E-state index in [1.807, 2.05) is 6.07 Å². The Labute approximate surface area is 184 Å². The fourth-order valence-electron chi connectivity index (χ4n) is 3.72. The molecule has 2 N–H and O–H groups in total. The zero-order valence-electron chi connectivity index (χ0n) is 17.6. The van der Waals surface area contributed by atoms with Gasteiger partial charge in [-0.2, -0.15) is 0 Å². The summed E-state index contributed by atoms with van der Waals surface area (Å²) in [6.07, 6.45) is 3.59. The van der Waals surface area contributed by atoms with E-state index in [9.17, 15) is 14.4 Å². The van der Waals surface area contributed by atoms with Gasteiger partial charge in [-0.1, -0.05) is 23.4 Å². The summed E-state index contributed by atoms with van der Waals surface area (Å²) >= 11 is 0. The zero-order chi connectivity index (χ0) is 22.5. The number of anilines is 1. The van der Waals surface area contributed by atoms with E-state index in [4.69, 9.17) is 9.26 Å². The van der Waals surface area contributed by atoms with Crippen molar-refractivity contribution >= 4 is 23.5 Å². The Morgan fingerprint density at radius 1 is 1.00 bits per heavy atom. The first kappa shape index (κ1) is 21.3. The van der Waals surface area contributed by atoms with Gasteiger partial charge in [0.2, 0.25) is 0 Å². The highest BCUT2D eigenvalue weighted by Crippen LogP contribution is 2.24. The average molecular weight is 433 g/mol. The Morgan fingerprint density at radius 3 is 2.56 bits per heavy atom. The molecule has 2 amide bonds. The molecule has 0 spiro atoms. The number of amides is 2. The molecule has 0 atom stereocenters. The molecule has 1 aliphatic rings. The van der Waals surface area contributed by atoms with Crippen molar-refractivity contribution in [2.24, 2.45) is 0 Å². The van der Waals surface area contributed by atoms with Crippen LogP contribution in [0.15, 0.2) is 53.1 Å². The summed E-state index contributed by atoms with van der Waals surface area (Å²) < 4.78 is 10.1. The van der Waals surface area contributed by atoms with Crippen molar-refractivity contribution in [2.75, 3.05) is 12.4 Å². The SMILES string of the molecule is COC(=O)c1cc(CNC(=O)c2noc3c2CCCC3)cc(NC(=O)c2ccccc2)c1. The fraction of sp³-hybridized carbons (Fsp3) is 0.250. The Kier molecular flexibility index (Phi) is 6.30. The molecule has 3 aromatic rings. The van der Waals surface area contributed by atoms with Crippen molar-refractivity contribution in [3.63, 3.8) is 0 Å². The average Bonchev–Trinajstić information content (AvgIpc) is 3.26. The van der Waals surface area contributed by atoms with Gasteiger partial charge in [0.15, 0.2) is 5.69 Å². The molecule has 1 heterocycles. The molecule has 0 radical (unpaired) electrons. The topological polar surface area (TPSA) is 111 Å². The standard InChI is InChI=1S/C24H23N3O5/c1-31-24(30)17-11-15(12-18(13-17)26-22(28)16-7-3-2-4-8-16)14-25-23(29)21-19-9-5-6-10-20(19)32-27-21/h2-4,7-8,11-13H,5-6,9-10,14H2,1H3,(H,25,29)(H,26,28). The molecule has 0 fully saturated rings. The number of nitrogens with one attached hydrogen (secondary N) is 2. The lowest BCUT2D eigenvalue weighted by atomic mass is 9.96. The van der Waals surface area contributed by atoms with Gasteiger partial charge in [-0.15, -0.1) is 0 Å². The molecule has 1 aliphatic carbocycles. The van der Waals surface area contributed by atoms with Crippen LogP contribution in [0.2, 0.25) is 0 Å². The largest absolute Gasteiger partial charge is 0.465 e. The second-order valence-corrected chi connectivity index (χ2v) is 7.55. The maximum Gasteiger partial charge on any atom is 0.337 e. The van der Waals surface area contributed by atoms with E-state index in [1.165, 1.54) is 13.2 Å². The van der Waals surface area contributed by atoms with Gasteiger partial charge in [-0.25, -0.2) is 4.79 Å². The van der Waals surface area contributed by atoms with Crippen LogP contribution in [0.5, 0.6) is 0 Å². The first-order valence-electron chi connectivity index (χ1n) is 10.4. The summed E-state index contributed by atoms with van der Waals surface area (Å²) in [7, 11) is 1.28. The second kappa shape index (κ2) is 9.47. The molecule has 0 aliphatic heterocycles. The van der Waals surface area contributed by atoms with E-state index in [2.05, 4.69) is 15.8 Å². The first-order chi connectivity index (χ1) is 15.5. The fourth-order valence-corrected chi connectivity index (χ4v) is 3.72. The molecule has 8 heteroatoms. The van der Waals surface area contributed by atoms with E-state index in [1.54, 1.807) is 36.4 Å². The van der Waals surface area contributed by atoms with E-state index in [0.717, 1.165) is 37.0 Å². The number of methoxy groups -OCH3 is 1. The van der Waals surface area contributed by atoms with E-state index < -0.39 is 5.97 Å². The summed E-state index contributed by atoms with van der Waals surface area (Å²) in [5, 5.41) is 9.55. The van der Waals surface area contributed by atoms with Gasteiger partial charge in [0.1, 0.15) is 5.76 Å². The van der Waals surface area contributed by atoms with Crippen LogP contribution in [0, 0.1) is 0 Å². The molecule has 0 unspecified atom stereocenters. The third-order valence-corrected chi connectivity index (χ3v) is 5.33. The zero-order valence-corrected chi connectivity index (χ0v) is 17.6. The molecule has 164 valence electrons. The smallest absolute Gasteiger partial charge is 0.337 e. The lowest BCUT2D eigenvalue weighted by Crippen LogP contribution is -2.25. The minimum atomic E-state index is -0.543. The van der Waals surface area contributed by atoms with Crippen LogP contribution in [0.3, 0.4) is 0 Å². The van der Waals surface area contributed by atoms with Crippen molar-refractivity contribution in [3.8, 4) is 0 Å². The number of carbonyl (C=O) groups excluding carboxylic acids is 3. The van der Waals surface area contributed by atoms with Gasteiger partial charge in [0.25, 0.3) is 11.8 Å². The van der Waals surface area contributed by atoms with Gasteiger partial charge in [-0.05, 0) is 55.2 Å². The molecule has 0 saturated carbocycles. The molecular weight excluding hydrogens is 410 g/mol. The van der Waals surface area contributed by atoms with Crippen molar-refractivity contribution in [1.82, 2.24) is 10.5 Å². The molecule has 8 nitrogen and oxygen atoms in total. The quantitative estimate of drug-likeness (QED) is 0.576. The molecule has 0 saturated heterocycles. The molecule has 4 rings (SSSR count). The second-order valence-electron chi connectivity index (χ2n) is 7.55. The van der Waals surface area contributed by atoms with Gasteiger partial charge >= 0.3 is 5.97 Å². The predicted octanol–water partition coefficient (Wildman–Crippen LogP) is 3.52. The molecule has 2 aromatic carbocycles. The summed E-state index contributed by atoms with van der Waals surface area (Å²) in [6.45, 7) is 0.138. The first-order valence-corrected chi connectivity index (χ1v) is 10.4. The number of nitrogens with zero attached hydrogens (tertiary/aromatic N) is 1. The Bertz CT molecular complexity index is 1150. The summed E-state index contributed by atoms with van der Waals surface area (Å²) in [6, 6.07) is 13.6. The van der Waals surface area contributed by atoms with Crippen molar-refractivity contribution < 1.29 is 23.6 Å². The number of aryl methyl sites for hydroxylation is 1. The van der Waals surface area contributed by atoms with E-state index in [0.29, 0.717) is 22.5 Å². The summed E-state index contributed by atoms with van der Waals surface area (Å²) in [4.78, 5) is 37.3. The van der Waals surface area contributed by atoms with Crippen LogP contribution < -0.4 is 10.6 Å². The van der Waals surface area contributed by atoms with Crippen LogP contribution in [0.4, 0.5) is 5.69 Å². The van der Waals surface area contributed by atoms with Crippen LogP contribution in [0.1, 0.15) is 60.9 Å². The lowest BCUT2D eigenvalue weighted by molar-refractivity contribution is 0.0600. The van der Waals surface area contributed by atoms with Crippen LogP contribution >= 0.6 is 0 Å². The van der Waals surface area contributed by atoms with Crippen LogP contribution in [0.25, 0.3) is 0 Å². The van der Waals surface area contributed by atoms with Crippen LogP contribution in [-0.4, -0.2) is 30.1 Å². The highest BCUT2D eigenvalue weighted by atomic mass is 16.5. The molecule has 1 aromatic heterocycles. The maximum absolute atomic E-state index is 12.7. The Balaban J connectivity index is 1.51. The number of aromatic nitrogens is 1. The third-order valence-electron chi connectivity index (χ3n) is 5.33. The summed E-state index contributed by atoms with van der Waals surface area (Å²) in [5.74, 6) is -0.411. The Hall–Kier alpha value is -3.94. The predicted molar refractivity (Wildman–Crippen MR) is 116 cm³/mol. The minimum Gasteiger partial charge on any atom is -0.465 e. The number of esters is 1. The number of carbonyl (C=O) groups is 3. The monoisotopic (exact) mass is 433 g/mol. The van der Waals surface area contributed by atoms with Crippen molar-refractivity contribution in [2.45, 2.75) is 32.2 Å². The Morgan fingerprint density at radius 2 is 1.78 bits per heavy atom. The number of fused-ring (bicyclic) bond motifs is 1. The summed E-state index contributed by atoms with van der Waals surface area (Å²) in [5.41, 5.74) is 2.98. The number of rotatable bonds is 6. The lowest BCUT2D eigenvalue weighted by Gasteiger charge is -2.12. The minimum absolute atomic E-state index is 0.138. The highest BCUT2D eigenvalue weighted by molar-refractivity contribution is 6.05. The van der Waals surface area contributed by atoms with Gasteiger partial charge in [-0.3, -0.25) is 9.59 Å². The normalized spacial score (nSPS) is 12.5. The number of hydrogen-bond donors (Lipinski definition) is 2. The molecular formula is C24H23N3O5. The van der Waals surface area contributed by atoms with Crippen molar-refractivity contribution in [1.29, 1.82) is 0 Å². The number of ether oxygens (including phenoxy) is 1. The van der Waals surface area contributed by atoms with E-state index >= 15 is 0 Å². The third kappa shape index (κ3) is 4.69.